The summed E-state index contributed by atoms with van der Waals surface area (Å²) in [5, 5.41) is 5.49. The number of aryl methyl sites for hydroxylation is 6. The Balaban J connectivity index is 0.000000302. The molecule has 362 valence electrons. The second-order valence-electron chi connectivity index (χ2n) is 20.0. The van der Waals surface area contributed by atoms with Crippen molar-refractivity contribution in [3.63, 3.8) is 0 Å². The van der Waals surface area contributed by atoms with Gasteiger partial charge in [-0.3, -0.25) is 14.8 Å². The third kappa shape index (κ3) is 21.1. The van der Waals surface area contributed by atoms with E-state index >= 15 is 0 Å². The van der Waals surface area contributed by atoms with E-state index in [-0.39, 0.29) is 29.2 Å². The largest absolute Gasteiger partial charge is 0.468 e. The van der Waals surface area contributed by atoms with Crippen LogP contribution < -0.4 is 22.1 Å². The summed E-state index contributed by atoms with van der Waals surface area (Å²) >= 11 is 0. The van der Waals surface area contributed by atoms with Gasteiger partial charge >= 0.3 is 18.0 Å². The number of pyridine rings is 2. The molecule has 2 atom stereocenters. The molecular formula is C51H86N6O7. The van der Waals surface area contributed by atoms with Crippen molar-refractivity contribution in [3.05, 3.63) is 58.2 Å². The third-order valence-corrected chi connectivity index (χ3v) is 11.8. The van der Waals surface area contributed by atoms with E-state index in [0.717, 1.165) is 63.7 Å². The van der Waals surface area contributed by atoms with E-state index in [1.165, 1.54) is 93.1 Å². The van der Waals surface area contributed by atoms with Gasteiger partial charge in [-0.05, 0) is 186 Å². The van der Waals surface area contributed by atoms with Gasteiger partial charge in [-0.25, -0.2) is 9.59 Å². The summed E-state index contributed by atoms with van der Waals surface area (Å²) in [7, 11) is 2.68. The number of methoxy groups -OCH3 is 2. The Morgan fingerprint density at radius 1 is 0.734 bits per heavy atom. The van der Waals surface area contributed by atoms with Crippen LogP contribution in [0.15, 0.2) is 24.3 Å². The first-order chi connectivity index (χ1) is 30.8. The maximum absolute atomic E-state index is 12.1. The number of carbonyl (C=O) groups is 3. The lowest BCUT2D eigenvalue weighted by Crippen LogP contribution is -2.52. The lowest BCUT2D eigenvalue weighted by molar-refractivity contribution is -0.144. The molecule has 0 aliphatic heterocycles. The summed E-state index contributed by atoms with van der Waals surface area (Å²) in [6, 6.07) is 7.31. The van der Waals surface area contributed by atoms with Gasteiger partial charge in [-0.15, -0.1) is 0 Å². The van der Waals surface area contributed by atoms with E-state index in [2.05, 4.69) is 39.6 Å². The highest BCUT2D eigenvalue weighted by atomic mass is 16.5. The van der Waals surface area contributed by atoms with Crippen LogP contribution in [0.3, 0.4) is 0 Å². The molecule has 13 heteroatoms. The van der Waals surface area contributed by atoms with E-state index in [0.29, 0.717) is 45.0 Å². The minimum Gasteiger partial charge on any atom is -0.468 e. The molecule has 2 saturated carbocycles. The lowest BCUT2D eigenvalue weighted by Gasteiger charge is -2.35. The zero-order valence-corrected chi connectivity index (χ0v) is 41.0. The number of carbonyl (C=O) groups excluding carboxylic acids is 3. The Morgan fingerprint density at radius 2 is 1.16 bits per heavy atom. The second-order valence-corrected chi connectivity index (χ2v) is 20.0. The van der Waals surface area contributed by atoms with Crippen LogP contribution in [0.5, 0.6) is 0 Å². The quantitative estimate of drug-likeness (QED) is 0.112. The molecular weight excluding hydrogens is 809 g/mol. The molecule has 0 saturated heterocycles. The molecule has 2 aromatic rings. The number of hydrogen-bond acceptors (Lipinski definition) is 11. The molecule has 0 aromatic carbocycles. The van der Waals surface area contributed by atoms with Crippen molar-refractivity contribution in [2.45, 2.75) is 206 Å². The van der Waals surface area contributed by atoms with Crippen molar-refractivity contribution in [2.75, 3.05) is 27.4 Å². The summed E-state index contributed by atoms with van der Waals surface area (Å²) in [5.41, 5.74) is 18.7. The molecule has 2 aromatic heterocycles. The van der Waals surface area contributed by atoms with Crippen molar-refractivity contribution in [2.24, 2.45) is 23.3 Å². The molecule has 2 heterocycles. The van der Waals surface area contributed by atoms with Gasteiger partial charge in [0.05, 0.1) is 26.4 Å². The Morgan fingerprint density at radius 3 is 1.58 bits per heavy atom. The van der Waals surface area contributed by atoms with Crippen molar-refractivity contribution >= 4 is 18.0 Å². The average molecular weight is 896 g/mol. The molecule has 4 aliphatic carbocycles. The molecule has 6 N–H and O–H groups in total. The molecule has 6 rings (SSSR count). The first-order valence-electron chi connectivity index (χ1n) is 24.8. The van der Waals surface area contributed by atoms with Gasteiger partial charge in [-0.2, -0.15) is 0 Å². The Hall–Kier alpha value is -3.65. The maximum atomic E-state index is 12.1. The van der Waals surface area contributed by atoms with Crippen LogP contribution in [0.4, 0.5) is 4.79 Å². The van der Waals surface area contributed by atoms with Crippen LogP contribution in [-0.2, 0) is 67.1 Å². The Bertz CT molecular complexity index is 1720. The molecule has 0 bridgehead atoms. The highest BCUT2D eigenvalue weighted by molar-refractivity contribution is 5.83. The van der Waals surface area contributed by atoms with E-state index in [4.69, 9.17) is 37.0 Å². The standard InChI is InChI=1S/C25H39N3O4.C20H30N2O3.C4H11N.C2H6/c1-25(2,3)28-24(30)27-22(23(29)31-4)13-14-32-20-15-17(16-20)9-11-19-12-10-18-7-5-6-8-21(18)26-19;1-24-20(23)18(21)10-11-25-17-12-14(13-17)6-8-16-9-7-15-4-2-3-5-19(15)22-16;1-4(2,3)5;1-2/h10,12,17,20,22H,5-9,11,13-16H2,1-4H3,(H2,27,28,30);7,9,14,17-18H,2-6,8,10-13,21H2,1H3;5H2,1-3H3;1-2H3/i;;;1D. The van der Waals surface area contributed by atoms with Crippen LogP contribution in [0.25, 0.3) is 0 Å². The van der Waals surface area contributed by atoms with Gasteiger partial charge in [0, 0.05) is 54.9 Å². The van der Waals surface area contributed by atoms with Crippen molar-refractivity contribution < 1.29 is 34.7 Å². The first-order valence-corrected chi connectivity index (χ1v) is 24.1. The maximum Gasteiger partial charge on any atom is 0.328 e. The minimum atomic E-state index is -0.715. The summed E-state index contributed by atoms with van der Waals surface area (Å²) in [6.45, 7) is 14.8. The third-order valence-electron chi connectivity index (χ3n) is 11.8. The molecule has 0 radical (unpaired) electrons. The van der Waals surface area contributed by atoms with E-state index < -0.39 is 18.1 Å². The predicted octanol–water partition coefficient (Wildman–Crippen LogP) is 8.07. The number of hydrogen-bond donors (Lipinski definition) is 4. The van der Waals surface area contributed by atoms with Gasteiger partial charge in [-0.1, -0.05) is 26.0 Å². The number of rotatable bonds is 17. The van der Waals surface area contributed by atoms with Crippen LogP contribution in [-0.4, -0.2) is 90.7 Å². The van der Waals surface area contributed by atoms with Crippen LogP contribution in [0, 0.1) is 11.8 Å². The number of amides is 2. The summed E-state index contributed by atoms with van der Waals surface area (Å²) in [5.74, 6) is 0.580. The van der Waals surface area contributed by atoms with E-state index in [9.17, 15) is 14.4 Å². The molecule has 64 heavy (non-hydrogen) atoms. The number of aromatic nitrogens is 2. The smallest absolute Gasteiger partial charge is 0.328 e. The van der Waals surface area contributed by atoms with Gasteiger partial charge in [0.1, 0.15) is 12.1 Å². The number of fused-ring (bicyclic) bond motifs is 2. The van der Waals surface area contributed by atoms with Gasteiger partial charge in [0.2, 0.25) is 0 Å². The molecule has 2 unspecified atom stereocenters. The topological polar surface area (TPSA) is 190 Å². The first kappa shape index (κ1) is 53.0. The fourth-order valence-corrected chi connectivity index (χ4v) is 8.24. The van der Waals surface area contributed by atoms with Crippen molar-refractivity contribution in [1.82, 2.24) is 20.6 Å². The normalized spacial score (nSPS) is 21.0. The molecule has 0 spiro atoms. The Labute approximate surface area is 387 Å². The number of nitrogens with one attached hydrogen (secondary N) is 2. The number of urea groups is 1. The molecule has 13 nitrogen and oxygen atoms in total. The van der Waals surface area contributed by atoms with Crippen LogP contribution >= 0.6 is 0 Å². The number of esters is 2. The lowest BCUT2D eigenvalue weighted by atomic mass is 9.79. The van der Waals surface area contributed by atoms with Crippen LogP contribution in [0.1, 0.15) is 168 Å². The summed E-state index contributed by atoms with van der Waals surface area (Å²) in [6.07, 6.45) is 20.0. The number of ether oxygens (including phenoxy) is 4. The van der Waals surface area contributed by atoms with E-state index in [1.54, 1.807) is 6.92 Å². The monoisotopic (exact) mass is 896 g/mol. The molecule has 4 aliphatic rings. The van der Waals surface area contributed by atoms with Crippen molar-refractivity contribution in [3.8, 4) is 0 Å². The van der Waals surface area contributed by atoms with Gasteiger partial charge < -0.3 is 41.0 Å². The molecule has 2 fully saturated rings. The summed E-state index contributed by atoms with van der Waals surface area (Å²) in [4.78, 5) is 45.1. The Kier molecular flexibility index (Phi) is 23.0. The van der Waals surface area contributed by atoms with Crippen molar-refractivity contribution in [1.29, 1.82) is 0 Å². The SMILES string of the molecule is CC(C)(C)N.COC(=O)C(CCOC1CC(CCc2ccc3c(n2)CCCC3)C1)NC(=O)NC(C)(C)C.COC(=O)C(N)CCOC1CC(CCc2ccc3c(n2)CCCC3)C1.[2H]CC. The predicted molar refractivity (Wildman–Crippen MR) is 255 cm³/mol. The highest BCUT2D eigenvalue weighted by Gasteiger charge is 2.32. The molecule has 2 amide bonds. The van der Waals surface area contributed by atoms with Crippen LogP contribution in [0.2, 0.25) is 0 Å². The number of nitrogens with zero attached hydrogens (tertiary/aromatic N) is 2. The zero-order valence-electron chi connectivity index (χ0n) is 42.0. The van der Waals surface area contributed by atoms with E-state index in [1.807, 2.05) is 41.5 Å². The second kappa shape index (κ2) is 27.7. The van der Waals surface area contributed by atoms with Gasteiger partial charge in [0.15, 0.2) is 0 Å². The minimum absolute atomic E-state index is 0. The number of nitrogens with two attached hydrogens (primary N) is 2. The van der Waals surface area contributed by atoms with Gasteiger partial charge in [0.25, 0.3) is 0 Å². The highest BCUT2D eigenvalue weighted by Crippen LogP contribution is 2.35. The fourth-order valence-electron chi connectivity index (χ4n) is 8.24. The fraction of sp³-hybridized carbons (Fsp3) is 0.745. The zero-order chi connectivity index (χ0) is 48.0. The summed E-state index contributed by atoms with van der Waals surface area (Å²) < 4.78 is 27.4. The average Bonchev–Trinajstić information content (AvgIpc) is 3.22.